The number of hydrogen-bond donors (Lipinski definition) is 0. The quantitative estimate of drug-likeness (QED) is 0.482. The molecule has 0 bridgehead atoms. The van der Waals surface area contributed by atoms with E-state index in [1.165, 1.54) is 6.92 Å². The van der Waals surface area contributed by atoms with Crippen molar-refractivity contribution in [2.45, 2.75) is 39.7 Å². The van der Waals surface area contributed by atoms with Gasteiger partial charge in [0.15, 0.2) is 0 Å². The largest absolute Gasteiger partial charge is 0.458 e. The van der Waals surface area contributed by atoms with Crippen molar-refractivity contribution in [2.24, 2.45) is 5.92 Å². The lowest BCUT2D eigenvalue weighted by Gasteiger charge is -2.18. The summed E-state index contributed by atoms with van der Waals surface area (Å²) in [7, 11) is 0. The van der Waals surface area contributed by atoms with Gasteiger partial charge in [-0.2, -0.15) is 0 Å². The Hall–Kier alpha value is -1.05. The Morgan fingerprint density at radius 1 is 1.43 bits per heavy atom. The highest BCUT2D eigenvalue weighted by Crippen LogP contribution is 2.15. The molecule has 0 aromatic heterocycles. The van der Waals surface area contributed by atoms with Gasteiger partial charge in [-0.05, 0) is 31.3 Å². The van der Waals surface area contributed by atoms with E-state index in [-0.39, 0.29) is 12.1 Å². The molecule has 0 amide bonds. The van der Waals surface area contributed by atoms with Crippen LogP contribution in [0.5, 0.6) is 0 Å². The SMILES string of the molecule is C=C[C@@H](C)CC[C@@H](OC(C)=O)C(=C)C. The van der Waals surface area contributed by atoms with Crippen LogP contribution in [0.4, 0.5) is 0 Å². The summed E-state index contributed by atoms with van der Waals surface area (Å²) in [5.74, 6) is 0.205. The average molecular weight is 196 g/mol. The molecule has 0 aliphatic heterocycles. The van der Waals surface area contributed by atoms with E-state index in [1.807, 2.05) is 13.0 Å². The second-order valence-corrected chi connectivity index (χ2v) is 3.73. The van der Waals surface area contributed by atoms with Crippen molar-refractivity contribution >= 4 is 5.97 Å². The molecule has 0 unspecified atom stereocenters. The van der Waals surface area contributed by atoms with Gasteiger partial charge in [0, 0.05) is 6.92 Å². The molecule has 0 aliphatic rings. The van der Waals surface area contributed by atoms with Crippen LogP contribution in [0.25, 0.3) is 0 Å². The van der Waals surface area contributed by atoms with E-state index in [0.29, 0.717) is 5.92 Å². The third-order valence-corrected chi connectivity index (χ3v) is 2.14. The van der Waals surface area contributed by atoms with Crippen LogP contribution in [0, 0.1) is 5.92 Å². The highest BCUT2D eigenvalue weighted by atomic mass is 16.5. The van der Waals surface area contributed by atoms with Crippen molar-refractivity contribution < 1.29 is 9.53 Å². The third-order valence-electron chi connectivity index (χ3n) is 2.14. The first-order valence-corrected chi connectivity index (χ1v) is 4.92. The Morgan fingerprint density at radius 3 is 2.36 bits per heavy atom. The van der Waals surface area contributed by atoms with Crippen LogP contribution in [-0.4, -0.2) is 12.1 Å². The van der Waals surface area contributed by atoms with Gasteiger partial charge in [0.1, 0.15) is 6.10 Å². The fourth-order valence-electron chi connectivity index (χ4n) is 1.14. The molecule has 80 valence electrons. The lowest BCUT2D eigenvalue weighted by molar-refractivity contribution is -0.144. The number of allylic oxidation sites excluding steroid dienone is 1. The maximum absolute atomic E-state index is 10.8. The van der Waals surface area contributed by atoms with Gasteiger partial charge in [-0.3, -0.25) is 4.79 Å². The minimum absolute atomic E-state index is 0.144. The minimum Gasteiger partial charge on any atom is -0.458 e. The molecule has 0 N–H and O–H groups in total. The zero-order chi connectivity index (χ0) is 11.1. The molecule has 0 aromatic rings. The Balaban J connectivity index is 4.03. The molecule has 0 aromatic carbocycles. The van der Waals surface area contributed by atoms with Crippen LogP contribution in [-0.2, 0) is 9.53 Å². The summed E-state index contributed by atoms with van der Waals surface area (Å²) >= 11 is 0. The monoisotopic (exact) mass is 196 g/mol. The van der Waals surface area contributed by atoms with E-state index in [1.54, 1.807) is 0 Å². The third kappa shape index (κ3) is 5.57. The zero-order valence-corrected chi connectivity index (χ0v) is 9.38. The molecule has 2 heteroatoms. The fourth-order valence-corrected chi connectivity index (χ4v) is 1.14. The topological polar surface area (TPSA) is 26.3 Å². The zero-order valence-electron chi connectivity index (χ0n) is 9.38. The summed E-state index contributed by atoms with van der Waals surface area (Å²) < 4.78 is 5.13. The number of ether oxygens (including phenoxy) is 1. The van der Waals surface area contributed by atoms with Crippen molar-refractivity contribution in [1.29, 1.82) is 0 Å². The smallest absolute Gasteiger partial charge is 0.303 e. The summed E-state index contributed by atoms with van der Waals surface area (Å²) in [5, 5.41) is 0. The molecule has 2 atom stereocenters. The van der Waals surface area contributed by atoms with Crippen LogP contribution in [0.1, 0.15) is 33.6 Å². The first-order valence-electron chi connectivity index (χ1n) is 4.92. The van der Waals surface area contributed by atoms with Crippen LogP contribution < -0.4 is 0 Å². The van der Waals surface area contributed by atoms with Crippen molar-refractivity contribution in [2.75, 3.05) is 0 Å². The summed E-state index contributed by atoms with van der Waals surface area (Å²) in [6, 6.07) is 0. The van der Waals surface area contributed by atoms with Gasteiger partial charge in [0.25, 0.3) is 0 Å². The van der Waals surface area contributed by atoms with E-state index in [4.69, 9.17) is 4.74 Å². The molecule has 2 nitrogen and oxygen atoms in total. The van der Waals surface area contributed by atoms with Crippen LogP contribution in [0.15, 0.2) is 24.8 Å². The highest BCUT2D eigenvalue weighted by molar-refractivity contribution is 5.66. The normalized spacial score (nSPS) is 14.2. The summed E-state index contributed by atoms with van der Waals surface area (Å²) in [5.41, 5.74) is 0.900. The number of carbonyl (C=O) groups is 1. The van der Waals surface area contributed by atoms with E-state index < -0.39 is 0 Å². The Bertz CT molecular complexity index is 218. The van der Waals surface area contributed by atoms with Gasteiger partial charge in [-0.1, -0.05) is 19.6 Å². The summed E-state index contributed by atoms with van der Waals surface area (Å²) in [6.45, 7) is 12.9. The van der Waals surface area contributed by atoms with Gasteiger partial charge in [0.2, 0.25) is 0 Å². The second-order valence-electron chi connectivity index (χ2n) is 3.73. The number of esters is 1. The van der Waals surface area contributed by atoms with Gasteiger partial charge in [-0.25, -0.2) is 0 Å². The maximum atomic E-state index is 10.8. The molecule has 0 aliphatic carbocycles. The fraction of sp³-hybridized carbons (Fsp3) is 0.583. The van der Waals surface area contributed by atoms with Crippen LogP contribution >= 0.6 is 0 Å². The summed E-state index contributed by atoms with van der Waals surface area (Å²) in [4.78, 5) is 10.8. The minimum atomic E-state index is -0.246. The maximum Gasteiger partial charge on any atom is 0.303 e. The van der Waals surface area contributed by atoms with Crippen molar-refractivity contribution in [3.63, 3.8) is 0 Å². The average Bonchev–Trinajstić information content (AvgIpc) is 2.10. The predicted octanol–water partition coefficient (Wildman–Crippen LogP) is 3.10. The first-order chi connectivity index (χ1) is 6.47. The van der Waals surface area contributed by atoms with Crippen LogP contribution in [0.3, 0.4) is 0 Å². The second kappa shape index (κ2) is 6.41. The molecule has 0 spiro atoms. The molecule has 14 heavy (non-hydrogen) atoms. The van der Waals surface area contributed by atoms with Crippen LogP contribution in [0.2, 0.25) is 0 Å². The van der Waals surface area contributed by atoms with Gasteiger partial charge in [0.05, 0.1) is 0 Å². The standard InChI is InChI=1S/C12H20O2/c1-6-10(4)7-8-12(9(2)3)14-11(5)13/h6,10,12H,1-2,7-8H2,3-5H3/t10-,12-/m1/s1. The molecule has 0 rings (SSSR count). The molecular weight excluding hydrogens is 176 g/mol. The number of carbonyl (C=O) groups excluding carboxylic acids is 1. The van der Waals surface area contributed by atoms with Crippen molar-refractivity contribution in [1.82, 2.24) is 0 Å². The molecule has 0 fully saturated rings. The van der Waals surface area contributed by atoms with E-state index >= 15 is 0 Å². The van der Waals surface area contributed by atoms with E-state index in [0.717, 1.165) is 18.4 Å². The number of hydrogen-bond acceptors (Lipinski definition) is 2. The van der Waals surface area contributed by atoms with E-state index in [9.17, 15) is 4.79 Å². The highest BCUT2D eigenvalue weighted by Gasteiger charge is 2.13. The molecule has 0 heterocycles. The Labute approximate surface area is 86.6 Å². The lowest BCUT2D eigenvalue weighted by Crippen LogP contribution is -2.17. The molecular formula is C12H20O2. The van der Waals surface area contributed by atoms with Gasteiger partial charge >= 0.3 is 5.97 Å². The van der Waals surface area contributed by atoms with Gasteiger partial charge in [-0.15, -0.1) is 6.58 Å². The molecule has 0 saturated heterocycles. The van der Waals surface area contributed by atoms with E-state index in [2.05, 4.69) is 20.1 Å². The lowest BCUT2D eigenvalue weighted by atomic mass is 10.0. The summed E-state index contributed by atoms with van der Waals surface area (Å²) in [6.07, 6.45) is 3.55. The first kappa shape index (κ1) is 12.9. The van der Waals surface area contributed by atoms with Gasteiger partial charge < -0.3 is 4.74 Å². The van der Waals surface area contributed by atoms with Crippen molar-refractivity contribution in [3.8, 4) is 0 Å². The Kier molecular flexibility index (Phi) is 5.93. The van der Waals surface area contributed by atoms with Crippen molar-refractivity contribution in [3.05, 3.63) is 24.8 Å². The predicted molar refractivity (Wildman–Crippen MR) is 59.0 cm³/mol. The Morgan fingerprint density at radius 2 is 2.00 bits per heavy atom. The number of rotatable bonds is 6. The molecule has 0 saturated carbocycles. The molecule has 0 radical (unpaired) electrons.